The van der Waals surface area contributed by atoms with E-state index in [-0.39, 0.29) is 11.8 Å². The van der Waals surface area contributed by atoms with Crippen molar-refractivity contribution in [1.29, 1.82) is 0 Å². The Hall–Kier alpha value is -3.61. The lowest BCUT2D eigenvalue weighted by Gasteiger charge is -2.29. The van der Waals surface area contributed by atoms with E-state index in [9.17, 15) is 9.59 Å². The van der Waals surface area contributed by atoms with Gasteiger partial charge in [0.25, 0.3) is 0 Å². The molecule has 2 aromatic heterocycles. The van der Waals surface area contributed by atoms with Gasteiger partial charge in [-0.3, -0.25) is 14.6 Å². The molecule has 0 saturated carbocycles. The fourth-order valence-electron chi connectivity index (χ4n) is 3.16. The minimum atomic E-state index is -0.654. The number of carbonyl (C=O) groups is 2. The summed E-state index contributed by atoms with van der Waals surface area (Å²) < 4.78 is 11.0. The molecule has 0 aliphatic carbocycles. The van der Waals surface area contributed by atoms with Crippen molar-refractivity contribution in [3.63, 3.8) is 0 Å². The van der Waals surface area contributed by atoms with E-state index in [2.05, 4.69) is 15.6 Å². The van der Waals surface area contributed by atoms with Crippen LogP contribution in [0, 0.1) is 0 Å². The van der Waals surface area contributed by atoms with Crippen molar-refractivity contribution in [2.24, 2.45) is 0 Å². The maximum absolute atomic E-state index is 12.4. The number of hydrogen-bond acceptors (Lipinski definition) is 5. The first-order chi connectivity index (χ1) is 14.2. The minimum absolute atomic E-state index is 0.228. The standard InChI is InChI=1S/C22H21N3O4/c26-21-19(24-22(27)20(25-21)12-17-7-4-10-28-17)11-16-8-9-18(13-23-16)29-14-15-5-2-1-3-6-15/h1-10,13,19-20H,11-12,14H2,(H,24,27)(H,25,26). The molecule has 1 aliphatic rings. The van der Waals surface area contributed by atoms with E-state index >= 15 is 0 Å². The van der Waals surface area contributed by atoms with Crippen LogP contribution in [0.4, 0.5) is 0 Å². The first-order valence-corrected chi connectivity index (χ1v) is 9.42. The summed E-state index contributed by atoms with van der Waals surface area (Å²) in [4.78, 5) is 29.1. The van der Waals surface area contributed by atoms with E-state index in [0.717, 1.165) is 5.56 Å². The highest BCUT2D eigenvalue weighted by molar-refractivity contribution is 5.97. The van der Waals surface area contributed by atoms with Crippen molar-refractivity contribution in [3.05, 3.63) is 84.1 Å². The first-order valence-electron chi connectivity index (χ1n) is 9.42. The number of aromatic nitrogens is 1. The van der Waals surface area contributed by atoms with Crippen LogP contribution in [0.5, 0.6) is 5.75 Å². The van der Waals surface area contributed by atoms with Gasteiger partial charge in [-0.1, -0.05) is 30.3 Å². The van der Waals surface area contributed by atoms with Crippen LogP contribution in [0.2, 0.25) is 0 Å². The van der Waals surface area contributed by atoms with Crippen LogP contribution >= 0.6 is 0 Å². The molecule has 0 spiro atoms. The fraction of sp³-hybridized carbons (Fsp3) is 0.227. The summed E-state index contributed by atoms with van der Waals surface area (Å²) in [5, 5.41) is 5.54. The van der Waals surface area contributed by atoms with Gasteiger partial charge in [0.05, 0.1) is 12.5 Å². The van der Waals surface area contributed by atoms with Crippen LogP contribution < -0.4 is 15.4 Å². The van der Waals surface area contributed by atoms with Gasteiger partial charge >= 0.3 is 0 Å². The number of nitrogens with one attached hydrogen (secondary N) is 2. The van der Waals surface area contributed by atoms with Crippen molar-refractivity contribution < 1.29 is 18.7 Å². The van der Waals surface area contributed by atoms with Gasteiger partial charge in [-0.2, -0.15) is 0 Å². The van der Waals surface area contributed by atoms with Crippen molar-refractivity contribution in [2.45, 2.75) is 31.5 Å². The van der Waals surface area contributed by atoms with Crippen molar-refractivity contribution >= 4 is 11.8 Å². The number of ether oxygens (including phenoxy) is 1. The Labute approximate surface area is 168 Å². The average molecular weight is 391 g/mol. The summed E-state index contributed by atoms with van der Waals surface area (Å²) in [6.07, 6.45) is 3.80. The lowest BCUT2D eigenvalue weighted by Crippen LogP contribution is -2.62. The van der Waals surface area contributed by atoms with Crippen molar-refractivity contribution in [1.82, 2.24) is 15.6 Å². The first kappa shape index (κ1) is 18.7. The average Bonchev–Trinajstić information content (AvgIpc) is 3.25. The number of rotatable bonds is 7. The zero-order valence-corrected chi connectivity index (χ0v) is 15.7. The topological polar surface area (TPSA) is 93.5 Å². The molecule has 29 heavy (non-hydrogen) atoms. The summed E-state index contributed by atoms with van der Waals surface area (Å²) >= 11 is 0. The Balaban J connectivity index is 1.31. The molecule has 148 valence electrons. The quantitative estimate of drug-likeness (QED) is 0.643. The van der Waals surface area contributed by atoms with E-state index < -0.39 is 12.1 Å². The Kier molecular flexibility index (Phi) is 5.56. The van der Waals surface area contributed by atoms with Crippen LogP contribution in [0.15, 0.2) is 71.5 Å². The Morgan fingerprint density at radius 2 is 1.66 bits per heavy atom. The van der Waals surface area contributed by atoms with Gasteiger partial charge in [-0.05, 0) is 29.8 Å². The number of carbonyl (C=O) groups excluding carboxylic acids is 2. The highest BCUT2D eigenvalue weighted by Crippen LogP contribution is 2.14. The Morgan fingerprint density at radius 3 is 2.31 bits per heavy atom. The van der Waals surface area contributed by atoms with Gasteiger partial charge in [0, 0.05) is 18.5 Å². The molecular weight excluding hydrogens is 370 g/mol. The zero-order valence-electron chi connectivity index (χ0n) is 15.7. The monoisotopic (exact) mass is 391 g/mol. The highest BCUT2D eigenvalue weighted by atomic mass is 16.5. The molecule has 4 rings (SSSR count). The number of benzene rings is 1. The summed E-state index contributed by atoms with van der Waals surface area (Å²) in [7, 11) is 0. The molecule has 2 atom stereocenters. The van der Waals surface area contributed by atoms with Crippen LogP contribution in [-0.2, 0) is 29.0 Å². The van der Waals surface area contributed by atoms with Gasteiger partial charge in [0.2, 0.25) is 11.8 Å². The second-order valence-corrected chi connectivity index (χ2v) is 6.87. The second-order valence-electron chi connectivity index (χ2n) is 6.87. The Bertz CT molecular complexity index is 955. The lowest BCUT2D eigenvalue weighted by molar-refractivity contribution is -0.136. The molecule has 2 N–H and O–H groups in total. The van der Waals surface area contributed by atoms with E-state index in [1.54, 1.807) is 30.7 Å². The molecule has 2 amide bonds. The number of pyridine rings is 1. The summed E-state index contributed by atoms with van der Waals surface area (Å²) in [5.41, 5.74) is 1.77. The van der Waals surface area contributed by atoms with Gasteiger partial charge in [0.15, 0.2) is 0 Å². The maximum Gasteiger partial charge on any atom is 0.243 e. The lowest BCUT2D eigenvalue weighted by atomic mass is 10.0. The van der Waals surface area contributed by atoms with E-state index in [4.69, 9.17) is 9.15 Å². The summed E-state index contributed by atoms with van der Waals surface area (Å²) in [6, 6.07) is 15.7. The Morgan fingerprint density at radius 1 is 0.897 bits per heavy atom. The third-order valence-corrected chi connectivity index (χ3v) is 4.71. The molecule has 1 saturated heterocycles. The fourth-order valence-corrected chi connectivity index (χ4v) is 3.16. The van der Waals surface area contributed by atoms with Crippen molar-refractivity contribution in [2.75, 3.05) is 0 Å². The van der Waals surface area contributed by atoms with Crippen molar-refractivity contribution in [3.8, 4) is 5.75 Å². The third-order valence-electron chi connectivity index (χ3n) is 4.71. The largest absolute Gasteiger partial charge is 0.487 e. The van der Waals surface area contributed by atoms with Crippen LogP contribution in [0.25, 0.3) is 0 Å². The van der Waals surface area contributed by atoms with Crippen LogP contribution in [0.1, 0.15) is 17.0 Å². The van der Waals surface area contributed by atoms with E-state index in [0.29, 0.717) is 36.7 Å². The summed E-state index contributed by atoms with van der Waals surface area (Å²) in [6.45, 7) is 0.458. The van der Waals surface area contributed by atoms with Gasteiger partial charge in [-0.15, -0.1) is 0 Å². The van der Waals surface area contributed by atoms with E-state index in [1.165, 1.54) is 0 Å². The molecular formula is C22H21N3O4. The molecule has 3 heterocycles. The van der Waals surface area contributed by atoms with Gasteiger partial charge < -0.3 is 19.8 Å². The number of furan rings is 1. The number of nitrogens with zero attached hydrogens (tertiary/aromatic N) is 1. The SMILES string of the molecule is O=C1NC(Cc2ccco2)C(=O)NC1Cc1ccc(OCc2ccccc2)cn1. The molecule has 3 aromatic rings. The molecule has 0 bridgehead atoms. The van der Waals surface area contributed by atoms with Gasteiger partial charge in [0.1, 0.15) is 30.2 Å². The number of amides is 2. The number of piperazine rings is 1. The van der Waals surface area contributed by atoms with Gasteiger partial charge in [-0.25, -0.2) is 0 Å². The van der Waals surface area contributed by atoms with Crippen LogP contribution in [-0.4, -0.2) is 28.9 Å². The molecule has 2 unspecified atom stereocenters. The molecule has 0 radical (unpaired) electrons. The normalized spacial score (nSPS) is 18.8. The van der Waals surface area contributed by atoms with E-state index in [1.807, 2.05) is 36.4 Å². The predicted octanol–water partition coefficient (Wildman–Crippen LogP) is 2.02. The molecule has 1 aliphatic heterocycles. The number of hydrogen-bond donors (Lipinski definition) is 2. The third kappa shape index (κ3) is 4.82. The molecule has 7 nitrogen and oxygen atoms in total. The predicted molar refractivity (Wildman–Crippen MR) is 105 cm³/mol. The molecule has 7 heteroatoms. The minimum Gasteiger partial charge on any atom is -0.487 e. The summed E-state index contributed by atoms with van der Waals surface area (Å²) in [5.74, 6) is 0.839. The molecule has 1 fully saturated rings. The maximum atomic E-state index is 12.4. The zero-order chi connectivity index (χ0) is 20.1. The van der Waals surface area contributed by atoms with Crippen LogP contribution in [0.3, 0.4) is 0 Å². The second kappa shape index (κ2) is 8.60. The smallest absolute Gasteiger partial charge is 0.243 e. The highest BCUT2D eigenvalue weighted by Gasteiger charge is 2.34. The molecule has 1 aromatic carbocycles.